The van der Waals surface area contributed by atoms with Crippen molar-refractivity contribution >= 4 is 23.6 Å². The van der Waals surface area contributed by atoms with E-state index >= 15 is 0 Å². The monoisotopic (exact) mass is 409 g/mol. The van der Waals surface area contributed by atoms with Crippen LogP contribution in [0.15, 0.2) is 48.5 Å². The maximum absolute atomic E-state index is 13.4. The SMILES string of the molecule is COC(=O)c1ccc(CN(C(=O)N2CCN(C(C)=O)CC2)c2cccc(C)c2)cc1. The lowest BCUT2D eigenvalue weighted by atomic mass is 10.1. The first-order valence-corrected chi connectivity index (χ1v) is 9.95. The van der Waals surface area contributed by atoms with Crippen LogP contribution in [0.1, 0.15) is 28.4 Å². The van der Waals surface area contributed by atoms with Gasteiger partial charge in [-0.1, -0.05) is 24.3 Å². The van der Waals surface area contributed by atoms with Gasteiger partial charge in [0.15, 0.2) is 0 Å². The quantitative estimate of drug-likeness (QED) is 0.728. The molecule has 0 atom stereocenters. The van der Waals surface area contributed by atoms with E-state index in [-0.39, 0.29) is 11.9 Å². The van der Waals surface area contributed by atoms with Gasteiger partial charge in [-0.2, -0.15) is 0 Å². The minimum atomic E-state index is -0.392. The van der Waals surface area contributed by atoms with E-state index in [1.165, 1.54) is 7.11 Å². The van der Waals surface area contributed by atoms with E-state index in [4.69, 9.17) is 4.74 Å². The third-order valence-electron chi connectivity index (χ3n) is 5.26. The summed E-state index contributed by atoms with van der Waals surface area (Å²) in [5.74, 6) is -0.361. The van der Waals surface area contributed by atoms with Crippen LogP contribution in [0.3, 0.4) is 0 Å². The third kappa shape index (κ3) is 4.97. The number of carbonyl (C=O) groups excluding carboxylic acids is 3. The summed E-state index contributed by atoms with van der Waals surface area (Å²) in [6.45, 7) is 5.99. The van der Waals surface area contributed by atoms with Crippen LogP contribution in [0.25, 0.3) is 0 Å². The molecule has 30 heavy (non-hydrogen) atoms. The molecule has 0 aliphatic carbocycles. The van der Waals surface area contributed by atoms with Gasteiger partial charge in [-0.15, -0.1) is 0 Å². The van der Waals surface area contributed by atoms with E-state index < -0.39 is 5.97 Å². The van der Waals surface area contributed by atoms with Crippen LogP contribution in [-0.2, 0) is 16.1 Å². The largest absolute Gasteiger partial charge is 0.465 e. The molecule has 1 aliphatic rings. The maximum Gasteiger partial charge on any atom is 0.337 e. The highest BCUT2D eigenvalue weighted by molar-refractivity contribution is 5.92. The van der Waals surface area contributed by atoms with E-state index in [1.807, 2.05) is 43.3 Å². The second kappa shape index (κ2) is 9.43. The molecular formula is C23H27N3O4. The van der Waals surface area contributed by atoms with Gasteiger partial charge in [-0.25, -0.2) is 9.59 Å². The first kappa shape index (κ1) is 21.4. The summed E-state index contributed by atoms with van der Waals surface area (Å²) in [5.41, 5.74) is 3.24. The molecule has 2 aromatic carbocycles. The van der Waals surface area contributed by atoms with Crippen molar-refractivity contribution in [3.8, 4) is 0 Å². The summed E-state index contributed by atoms with van der Waals surface area (Å²) >= 11 is 0. The number of nitrogens with zero attached hydrogens (tertiary/aromatic N) is 3. The number of rotatable bonds is 4. The van der Waals surface area contributed by atoms with E-state index in [1.54, 1.807) is 33.8 Å². The minimum Gasteiger partial charge on any atom is -0.465 e. The fraction of sp³-hybridized carbons (Fsp3) is 0.348. The van der Waals surface area contributed by atoms with Gasteiger partial charge in [0.2, 0.25) is 5.91 Å². The van der Waals surface area contributed by atoms with E-state index in [0.717, 1.165) is 16.8 Å². The molecule has 3 amide bonds. The number of esters is 1. The van der Waals surface area contributed by atoms with Crippen molar-refractivity contribution in [1.29, 1.82) is 0 Å². The van der Waals surface area contributed by atoms with Crippen LogP contribution in [-0.4, -0.2) is 61.0 Å². The number of ether oxygens (including phenoxy) is 1. The number of amides is 3. The molecule has 1 fully saturated rings. The zero-order valence-corrected chi connectivity index (χ0v) is 17.6. The molecular weight excluding hydrogens is 382 g/mol. The summed E-state index contributed by atoms with van der Waals surface area (Å²) in [7, 11) is 1.35. The van der Waals surface area contributed by atoms with Crippen molar-refractivity contribution < 1.29 is 19.1 Å². The Morgan fingerprint density at radius 1 is 0.967 bits per heavy atom. The van der Waals surface area contributed by atoms with Gasteiger partial charge >= 0.3 is 12.0 Å². The van der Waals surface area contributed by atoms with Crippen LogP contribution in [0.4, 0.5) is 10.5 Å². The summed E-state index contributed by atoms with van der Waals surface area (Å²) in [6.07, 6.45) is 0. The molecule has 1 aliphatic heterocycles. The van der Waals surface area contributed by atoms with Crippen molar-refractivity contribution in [3.63, 3.8) is 0 Å². The fourth-order valence-electron chi connectivity index (χ4n) is 3.50. The number of urea groups is 1. The van der Waals surface area contributed by atoms with Gasteiger partial charge in [-0.05, 0) is 42.3 Å². The minimum absolute atomic E-state index is 0.0309. The lowest BCUT2D eigenvalue weighted by Gasteiger charge is -2.37. The van der Waals surface area contributed by atoms with Crippen molar-refractivity contribution in [3.05, 3.63) is 65.2 Å². The normalized spacial score (nSPS) is 13.7. The Kier molecular flexibility index (Phi) is 6.72. The molecule has 0 radical (unpaired) electrons. The van der Waals surface area contributed by atoms with Crippen molar-refractivity contribution in [2.75, 3.05) is 38.2 Å². The van der Waals surface area contributed by atoms with Gasteiger partial charge in [0, 0.05) is 38.8 Å². The summed E-state index contributed by atoms with van der Waals surface area (Å²) in [6, 6.07) is 14.8. The number of hydrogen-bond donors (Lipinski definition) is 0. The van der Waals surface area contributed by atoms with E-state index in [2.05, 4.69) is 0 Å². The molecule has 7 nitrogen and oxygen atoms in total. The zero-order valence-electron chi connectivity index (χ0n) is 17.6. The number of aryl methyl sites for hydroxylation is 1. The Labute approximate surface area is 176 Å². The molecule has 2 aromatic rings. The summed E-state index contributed by atoms with van der Waals surface area (Å²) in [5, 5.41) is 0. The third-order valence-corrected chi connectivity index (χ3v) is 5.26. The highest BCUT2D eigenvalue weighted by Crippen LogP contribution is 2.22. The van der Waals surface area contributed by atoms with Crippen LogP contribution < -0.4 is 4.90 Å². The molecule has 1 heterocycles. The lowest BCUT2D eigenvalue weighted by molar-refractivity contribution is -0.130. The predicted octanol–water partition coefficient (Wildman–Crippen LogP) is 3.07. The maximum atomic E-state index is 13.4. The van der Waals surface area contributed by atoms with Crippen LogP contribution in [0.5, 0.6) is 0 Å². The molecule has 0 saturated carbocycles. The van der Waals surface area contributed by atoms with E-state index in [0.29, 0.717) is 38.3 Å². The first-order valence-electron chi connectivity index (χ1n) is 9.95. The topological polar surface area (TPSA) is 70.2 Å². The zero-order chi connectivity index (χ0) is 21.7. The molecule has 7 heteroatoms. The van der Waals surface area contributed by atoms with Crippen molar-refractivity contribution in [2.24, 2.45) is 0 Å². The molecule has 0 unspecified atom stereocenters. The average Bonchev–Trinajstić information content (AvgIpc) is 2.77. The second-order valence-corrected chi connectivity index (χ2v) is 7.39. The second-order valence-electron chi connectivity index (χ2n) is 7.39. The first-order chi connectivity index (χ1) is 14.4. The Morgan fingerprint density at radius 2 is 1.60 bits per heavy atom. The molecule has 1 saturated heterocycles. The van der Waals surface area contributed by atoms with Crippen molar-refractivity contribution in [1.82, 2.24) is 9.80 Å². The van der Waals surface area contributed by atoms with Gasteiger partial charge in [-0.3, -0.25) is 9.69 Å². The molecule has 0 spiro atoms. The Morgan fingerprint density at radius 3 is 2.17 bits per heavy atom. The summed E-state index contributed by atoms with van der Waals surface area (Å²) < 4.78 is 4.74. The highest BCUT2D eigenvalue weighted by atomic mass is 16.5. The number of hydrogen-bond acceptors (Lipinski definition) is 4. The van der Waals surface area contributed by atoms with Crippen LogP contribution in [0, 0.1) is 6.92 Å². The van der Waals surface area contributed by atoms with E-state index in [9.17, 15) is 14.4 Å². The Hall–Kier alpha value is -3.35. The molecule has 0 bridgehead atoms. The molecule has 3 rings (SSSR count). The summed E-state index contributed by atoms with van der Waals surface area (Å²) in [4.78, 5) is 41.9. The Balaban J connectivity index is 1.81. The molecule has 158 valence electrons. The average molecular weight is 409 g/mol. The van der Waals surface area contributed by atoms with Gasteiger partial charge in [0.1, 0.15) is 0 Å². The predicted molar refractivity (Wildman–Crippen MR) is 114 cm³/mol. The molecule has 0 N–H and O–H groups in total. The van der Waals surface area contributed by atoms with Crippen LogP contribution in [0.2, 0.25) is 0 Å². The Bertz CT molecular complexity index is 918. The van der Waals surface area contributed by atoms with Crippen molar-refractivity contribution in [2.45, 2.75) is 20.4 Å². The van der Waals surface area contributed by atoms with Crippen LogP contribution >= 0.6 is 0 Å². The number of benzene rings is 2. The standard InChI is InChI=1S/C23H27N3O4/c1-17-5-4-6-21(15-17)26(16-19-7-9-20(10-8-19)22(28)30-3)23(29)25-13-11-24(12-14-25)18(2)27/h4-10,15H,11-14,16H2,1-3H3. The highest BCUT2D eigenvalue weighted by Gasteiger charge is 2.27. The number of methoxy groups -OCH3 is 1. The number of carbonyl (C=O) groups is 3. The fourth-order valence-corrected chi connectivity index (χ4v) is 3.50. The molecule has 0 aromatic heterocycles. The smallest absolute Gasteiger partial charge is 0.337 e. The van der Waals surface area contributed by atoms with Gasteiger partial charge < -0.3 is 14.5 Å². The number of piperazine rings is 1. The number of anilines is 1. The van der Waals surface area contributed by atoms with Gasteiger partial charge in [0.05, 0.1) is 19.2 Å². The van der Waals surface area contributed by atoms with Gasteiger partial charge in [0.25, 0.3) is 0 Å². The lowest BCUT2D eigenvalue weighted by Crippen LogP contribution is -2.53.